The lowest BCUT2D eigenvalue weighted by Gasteiger charge is -2.08. The number of rotatable bonds is 6. The molecule has 2 aromatic rings. The van der Waals surface area contributed by atoms with E-state index >= 15 is 0 Å². The SMILES string of the molecule is Cc1cc(C)n(CCCNCc2cccc(C#N)c2F)n1. The van der Waals surface area contributed by atoms with Crippen LogP contribution in [-0.2, 0) is 13.1 Å². The molecule has 0 aliphatic heterocycles. The van der Waals surface area contributed by atoms with E-state index in [1.165, 1.54) is 6.07 Å². The third kappa shape index (κ3) is 3.89. The van der Waals surface area contributed by atoms with Gasteiger partial charge in [-0.25, -0.2) is 4.39 Å². The Morgan fingerprint density at radius 3 is 2.86 bits per heavy atom. The molecule has 1 aromatic carbocycles. The first-order valence-electron chi connectivity index (χ1n) is 7.01. The normalized spacial score (nSPS) is 10.6. The largest absolute Gasteiger partial charge is 0.312 e. The number of benzene rings is 1. The van der Waals surface area contributed by atoms with Gasteiger partial charge in [-0.3, -0.25) is 4.68 Å². The van der Waals surface area contributed by atoms with Gasteiger partial charge >= 0.3 is 0 Å². The van der Waals surface area contributed by atoms with Crippen molar-refractivity contribution in [2.24, 2.45) is 0 Å². The summed E-state index contributed by atoms with van der Waals surface area (Å²) in [5.41, 5.74) is 2.80. The van der Waals surface area contributed by atoms with Crippen molar-refractivity contribution in [3.8, 4) is 6.07 Å². The molecule has 0 fully saturated rings. The van der Waals surface area contributed by atoms with Crippen molar-refractivity contribution in [3.05, 3.63) is 52.6 Å². The molecule has 0 saturated heterocycles. The fraction of sp³-hybridized carbons (Fsp3) is 0.375. The summed E-state index contributed by atoms with van der Waals surface area (Å²) in [7, 11) is 0. The van der Waals surface area contributed by atoms with E-state index < -0.39 is 5.82 Å². The van der Waals surface area contributed by atoms with Crippen LogP contribution in [0.15, 0.2) is 24.3 Å². The maximum atomic E-state index is 13.8. The van der Waals surface area contributed by atoms with Gasteiger partial charge < -0.3 is 5.32 Å². The highest BCUT2D eigenvalue weighted by Gasteiger charge is 2.06. The quantitative estimate of drug-likeness (QED) is 0.831. The molecule has 0 spiro atoms. The minimum Gasteiger partial charge on any atom is -0.312 e. The number of nitrogens with one attached hydrogen (secondary N) is 1. The molecule has 1 heterocycles. The molecule has 0 atom stereocenters. The fourth-order valence-corrected chi connectivity index (χ4v) is 2.28. The Bertz CT molecular complexity index is 655. The van der Waals surface area contributed by atoms with Gasteiger partial charge in [-0.05, 0) is 38.9 Å². The number of nitrogens with zero attached hydrogens (tertiary/aromatic N) is 3. The zero-order valence-electron chi connectivity index (χ0n) is 12.4. The van der Waals surface area contributed by atoms with Crippen LogP contribution in [0.1, 0.15) is 28.9 Å². The maximum absolute atomic E-state index is 13.8. The van der Waals surface area contributed by atoms with Crippen molar-refractivity contribution in [3.63, 3.8) is 0 Å². The summed E-state index contributed by atoms with van der Waals surface area (Å²) in [4.78, 5) is 0. The molecule has 0 aliphatic rings. The number of nitriles is 1. The molecule has 2 rings (SSSR count). The van der Waals surface area contributed by atoms with E-state index in [2.05, 4.69) is 16.5 Å². The molecule has 21 heavy (non-hydrogen) atoms. The molecular formula is C16H19FN4. The number of halogens is 1. The maximum Gasteiger partial charge on any atom is 0.145 e. The predicted molar refractivity (Wildman–Crippen MR) is 79.1 cm³/mol. The molecule has 0 aliphatic carbocycles. The topological polar surface area (TPSA) is 53.6 Å². The standard InChI is InChI=1S/C16H19FN4/c1-12-9-13(2)21(20-12)8-4-7-19-11-15-6-3-5-14(10-18)16(15)17/h3,5-6,9,19H,4,7-8,11H2,1-2H3. The molecular weight excluding hydrogens is 267 g/mol. The van der Waals surface area contributed by atoms with Crippen molar-refractivity contribution in [2.45, 2.75) is 33.4 Å². The Morgan fingerprint density at radius 1 is 1.38 bits per heavy atom. The van der Waals surface area contributed by atoms with Crippen molar-refractivity contribution in [1.82, 2.24) is 15.1 Å². The van der Waals surface area contributed by atoms with Crippen LogP contribution in [-0.4, -0.2) is 16.3 Å². The zero-order chi connectivity index (χ0) is 15.2. The lowest BCUT2D eigenvalue weighted by atomic mass is 10.1. The summed E-state index contributed by atoms with van der Waals surface area (Å²) in [6.45, 7) is 6.06. The molecule has 1 N–H and O–H groups in total. The van der Waals surface area contributed by atoms with E-state index in [1.807, 2.05) is 24.6 Å². The van der Waals surface area contributed by atoms with Gasteiger partial charge in [0.05, 0.1) is 11.3 Å². The smallest absolute Gasteiger partial charge is 0.145 e. The zero-order valence-corrected chi connectivity index (χ0v) is 12.4. The molecule has 1 aromatic heterocycles. The monoisotopic (exact) mass is 286 g/mol. The Balaban J connectivity index is 1.78. The average molecular weight is 286 g/mol. The Morgan fingerprint density at radius 2 is 2.19 bits per heavy atom. The minimum absolute atomic E-state index is 0.0944. The van der Waals surface area contributed by atoms with Crippen LogP contribution in [0.25, 0.3) is 0 Å². The van der Waals surface area contributed by atoms with Gasteiger partial charge in [0, 0.05) is 24.3 Å². The van der Waals surface area contributed by atoms with E-state index in [-0.39, 0.29) is 5.56 Å². The molecule has 4 nitrogen and oxygen atoms in total. The van der Waals surface area contributed by atoms with Gasteiger partial charge in [0.25, 0.3) is 0 Å². The molecule has 0 bridgehead atoms. The number of aromatic nitrogens is 2. The van der Waals surface area contributed by atoms with Gasteiger partial charge in [-0.1, -0.05) is 12.1 Å². The Kier molecular flexibility index (Phi) is 5.07. The molecule has 110 valence electrons. The second kappa shape index (κ2) is 7.00. The van der Waals surface area contributed by atoms with Crippen LogP contribution >= 0.6 is 0 Å². The molecule has 0 unspecified atom stereocenters. The summed E-state index contributed by atoms with van der Waals surface area (Å²) in [5.74, 6) is -0.425. The second-order valence-electron chi connectivity index (χ2n) is 5.07. The van der Waals surface area contributed by atoms with Crippen LogP contribution in [0.2, 0.25) is 0 Å². The van der Waals surface area contributed by atoms with Crippen LogP contribution < -0.4 is 5.32 Å². The highest BCUT2D eigenvalue weighted by atomic mass is 19.1. The number of hydrogen-bond donors (Lipinski definition) is 1. The first kappa shape index (κ1) is 15.2. The van der Waals surface area contributed by atoms with Gasteiger partial charge in [0.2, 0.25) is 0 Å². The average Bonchev–Trinajstić information content (AvgIpc) is 2.78. The summed E-state index contributed by atoms with van der Waals surface area (Å²) in [5, 5.41) is 16.4. The Labute approximate surface area is 124 Å². The second-order valence-corrected chi connectivity index (χ2v) is 5.07. The molecule has 0 amide bonds. The molecule has 0 radical (unpaired) electrons. The summed E-state index contributed by atoms with van der Waals surface area (Å²) < 4.78 is 15.8. The summed E-state index contributed by atoms with van der Waals surface area (Å²) in [6, 6.07) is 8.79. The third-order valence-corrected chi connectivity index (χ3v) is 3.34. The van der Waals surface area contributed by atoms with E-state index in [0.717, 1.165) is 30.9 Å². The van der Waals surface area contributed by atoms with Crippen LogP contribution in [0.5, 0.6) is 0 Å². The van der Waals surface area contributed by atoms with Crippen molar-refractivity contribution in [1.29, 1.82) is 5.26 Å². The number of aryl methyl sites for hydroxylation is 3. The van der Waals surface area contributed by atoms with Crippen molar-refractivity contribution in [2.75, 3.05) is 6.54 Å². The van der Waals surface area contributed by atoms with Crippen molar-refractivity contribution >= 4 is 0 Å². The van der Waals surface area contributed by atoms with E-state index in [1.54, 1.807) is 12.1 Å². The number of hydrogen-bond acceptors (Lipinski definition) is 3. The highest BCUT2D eigenvalue weighted by molar-refractivity contribution is 5.34. The predicted octanol–water partition coefficient (Wildman–Crippen LogP) is 2.69. The first-order valence-corrected chi connectivity index (χ1v) is 7.01. The van der Waals surface area contributed by atoms with Gasteiger partial charge in [0.15, 0.2) is 0 Å². The highest BCUT2D eigenvalue weighted by Crippen LogP contribution is 2.11. The minimum atomic E-state index is -0.425. The first-order chi connectivity index (χ1) is 10.1. The Hall–Kier alpha value is -2.19. The van der Waals surface area contributed by atoms with E-state index in [0.29, 0.717) is 12.1 Å². The molecule has 5 heteroatoms. The van der Waals surface area contributed by atoms with Crippen LogP contribution in [0.4, 0.5) is 4.39 Å². The summed E-state index contributed by atoms with van der Waals surface area (Å²) in [6.07, 6.45) is 0.918. The lowest BCUT2D eigenvalue weighted by Crippen LogP contribution is -2.18. The van der Waals surface area contributed by atoms with Gasteiger partial charge in [-0.2, -0.15) is 10.4 Å². The fourth-order valence-electron chi connectivity index (χ4n) is 2.28. The van der Waals surface area contributed by atoms with Crippen LogP contribution in [0, 0.1) is 31.0 Å². The van der Waals surface area contributed by atoms with Gasteiger partial charge in [0.1, 0.15) is 11.9 Å². The van der Waals surface area contributed by atoms with Gasteiger partial charge in [-0.15, -0.1) is 0 Å². The third-order valence-electron chi connectivity index (χ3n) is 3.34. The van der Waals surface area contributed by atoms with Crippen LogP contribution in [0.3, 0.4) is 0 Å². The van der Waals surface area contributed by atoms with Crippen molar-refractivity contribution < 1.29 is 4.39 Å². The lowest BCUT2D eigenvalue weighted by molar-refractivity contribution is 0.524. The summed E-state index contributed by atoms with van der Waals surface area (Å²) >= 11 is 0. The molecule has 0 saturated carbocycles. The van der Waals surface area contributed by atoms with E-state index in [4.69, 9.17) is 5.26 Å². The van der Waals surface area contributed by atoms with E-state index in [9.17, 15) is 4.39 Å².